The van der Waals surface area contributed by atoms with Crippen LogP contribution >= 0.6 is 0 Å². The van der Waals surface area contributed by atoms with Crippen LogP contribution in [0.25, 0.3) is 0 Å². The third kappa shape index (κ3) is 3.69. The number of benzene rings is 1. The maximum Gasteiger partial charge on any atom is 0.182 e. The van der Waals surface area contributed by atoms with Crippen LogP contribution < -0.4 is 10.6 Å². The van der Waals surface area contributed by atoms with Crippen molar-refractivity contribution in [3.05, 3.63) is 47.3 Å². The fraction of sp³-hybridized carbons (Fsp3) is 0.267. The van der Waals surface area contributed by atoms with Crippen LogP contribution in [-0.2, 0) is 6.42 Å². The number of nitriles is 1. The van der Waals surface area contributed by atoms with E-state index in [9.17, 15) is 0 Å². The first-order valence-corrected chi connectivity index (χ1v) is 6.46. The molecule has 5 heteroatoms. The zero-order valence-electron chi connectivity index (χ0n) is 11.6. The van der Waals surface area contributed by atoms with Gasteiger partial charge >= 0.3 is 0 Å². The van der Waals surface area contributed by atoms with Crippen LogP contribution in [0.4, 0.5) is 11.6 Å². The van der Waals surface area contributed by atoms with Crippen LogP contribution in [0.5, 0.6) is 0 Å². The molecule has 0 aliphatic heterocycles. The summed E-state index contributed by atoms with van der Waals surface area (Å²) in [6.45, 7) is 5.02. The van der Waals surface area contributed by atoms with Crippen molar-refractivity contribution in [2.45, 2.75) is 20.3 Å². The van der Waals surface area contributed by atoms with Gasteiger partial charge in [-0.25, -0.2) is 9.97 Å². The maximum absolute atomic E-state index is 8.54. The Labute approximate surface area is 118 Å². The normalized spacial score (nSPS) is 9.85. The average molecular weight is 267 g/mol. The van der Waals surface area contributed by atoms with Gasteiger partial charge in [0, 0.05) is 12.6 Å². The van der Waals surface area contributed by atoms with E-state index in [0.717, 1.165) is 13.0 Å². The highest BCUT2D eigenvalue weighted by Gasteiger charge is 1.99. The van der Waals surface area contributed by atoms with Crippen molar-refractivity contribution in [1.82, 2.24) is 9.97 Å². The predicted molar refractivity (Wildman–Crippen MR) is 79.4 cm³/mol. The van der Waals surface area contributed by atoms with Crippen molar-refractivity contribution in [1.29, 1.82) is 5.26 Å². The molecular weight excluding hydrogens is 250 g/mol. The molecule has 1 heterocycles. The molecule has 0 radical (unpaired) electrons. The van der Waals surface area contributed by atoms with E-state index in [0.29, 0.717) is 11.6 Å². The van der Waals surface area contributed by atoms with Gasteiger partial charge in [-0.1, -0.05) is 18.2 Å². The highest BCUT2D eigenvalue weighted by Crippen LogP contribution is 2.11. The summed E-state index contributed by atoms with van der Waals surface area (Å²) in [5, 5.41) is 14.3. The molecule has 0 atom stereocenters. The molecular formula is C15H17N5. The largest absolute Gasteiger partial charge is 0.370 e. The molecule has 102 valence electrons. The molecule has 2 rings (SSSR count). The van der Waals surface area contributed by atoms with Gasteiger partial charge in [0.05, 0.1) is 0 Å². The van der Waals surface area contributed by atoms with E-state index in [1.165, 1.54) is 23.0 Å². The highest BCUT2D eigenvalue weighted by molar-refractivity contribution is 5.48. The topological polar surface area (TPSA) is 73.6 Å². The van der Waals surface area contributed by atoms with E-state index in [4.69, 9.17) is 5.26 Å². The van der Waals surface area contributed by atoms with E-state index in [1.807, 2.05) is 6.19 Å². The lowest BCUT2D eigenvalue weighted by atomic mass is 10.0. The van der Waals surface area contributed by atoms with Crippen molar-refractivity contribution >= 4 is 11.6 Å². The number of anilines is 2. The first-order chi connectivity index (χ1) is 9.69. The molecule has 0 bridgehead atoms. The average Bonchev–Trinajstić information content (AvgIpc) is 2.44. The minimum atomic E-state index is 0.496. The second kappa shape index (κ2) is 6.53. The van der Waals surface area contributed by atoms with Gasteiger partial charge in [0.25, 0.3) is 0 Å². The number of hydrogen-bond acceptors (Lipinski definition) is 5. The van der Waals surface area contributed by atoms with Gasteiger partial charge in [0.1, 0.15) is 18.0 Å². The van der Waals surface area contributed by atoms with Gasteiger partial charge in [-0.05, 0) is 37.0 Å². The van der Waals surface area contributed by atoms with E-state index in [-0.39, 0.29) is 0 Å². The molecule has 0 amide bonds. The Morgan fingerprint density at radius 3 is 2.65 bits per heavy atom. The van der Waals surface area contributed by atoms with Crippen LogP contribution in [0.1, 0.15) is 16.7 Å². The van der Waals surface area contributed by atoms with Crippen molar-refractivity contribution in [3.8, 4) is 6.19 Å². The second-order valence-electron chi connectivity index (χ2n) is 4.62. The Hall–Kier alpha value is -2.61. The Bertz CT molecular complexity index is 630. The second-order valence-corrected chi connectivity index (χ2v) is 4.62. The fourth-order valence-corrected chi connectivity index (χ4v) is 1.87. The molecule has 2 aromatic rings. The molecule has 0 aliphatic rings. The van der Waals surface area contributed by atoms with Crippen LogP contribution in [0.15, 0.2) is 30.6 Å². The van der Waals surface area contributed by atoms with Gasteiger partial charge in [0.2, 0.25) is 0 Å². The van der Waals surface area contributed by atoms with Gasteiger partial charge in [0.15, 0.2) is 6.19 Å². The van der Waals surface area contributed by atoms with E-state index >= 15 is 0 Å². The van der Waals surface area contributed by atoms with Crippen molar-refractivity contribution < 1.29 is 0 Å². The minimum Gasteiger partial charge on any atom is -0.370 e. The quantitative estimate of drug-likeness (QED) is 0.643. The number of nitrogens with zero attached hydrogens (tertiary/aromatic N) is 3. The highest BCUT2D eigenvalue weighted by atomic mass is 15.1. The van der Waals surface area contributed by atoms with Crippen LogP contribution in [0.3, 0.4) is 0 Å². The lowest BCUT2D eigenvalue weighted by Crippen LogP contribution is -2.07. The summed E-state index contributed by atoms with van der Waals surface area (Å²) in [4.78, 5) is 8.04. The molecule has 5 nitrogen and oxygen atoms in total. The maximum atomic E-state index is 8.54. The Morgan fingerprint density at radius 1 is 1.10 bits per heavy atom. The van der Waals surface area contributed by atoms with Crippen molar-refractivity contribution in [2.24, 2.45) is 0 Å². The number of nitrogens with one attached hydrogen (secondary N) is 2. The molecule has 0 saturated carbocycles. The van der Waals surface area contributed by atoms with Crippen LogP contribution in [-0.4, -0.2) is 16.5 Å². The Morgan fingerprint density at radius 2 is 1.90 bits per heavy atom. The zero-order chi connectivity index (χ0) is 14.4. The van der Waals surface area contributed by atoms with E-state index in [2.05, 4.69) is 52.6 Å². The number of aromatic nitrogens is 2. The van der Waals surface area contributed by atoms with Gasteiger partial charge in [-0.2, -0.15) is 5.26 Å². The molecule has 2 N–H and O–H groups in total. The lowest BCUT2D eigenvalue weighted by molar-refractivity contribution is 0.996. The van der Waals surface area contributed by atoms with Crippen molar-refractivity contribution in [3.63, 3.8) is 0 Å². The zero-order valence-corrected chi connectivity index (χ0v) is 11.6. The standard InChI is InChI=1S/C15H17N5/c1-11-3-4-13(7-12(11)2)5-6-17-14-8-15(18-9-16)20-10-19-14/h3-4,7-8,10H,5-6H2,1-2H3,(H2,17,18,19,20). The SMILES string of the molecule is Cc1ccc(CCNc2cc(NC#N)ncn2)cc1C. The first kappa shape index (κ1) is 13.8. The van der Waals surface area contributed by atoms with Gasteiger partial charge in [-0.15, -0.1) is 0 Å². The van der Waals surface area contributed by atoms with Crippen LogP contribution in [0, 0.1) is 25.3 Å². The Balaban J connectivity index is 1.91. The Kier molecular flexibility index (Phi) is 4.51. The van der Waals surface area contributed by atoms with Gasteiger partial charge < -0.3 is 5.32 Å². The summed E-state index contributed by atoms with van der Waals surface area (Å²) in [6.07, 6.45) is 4.19. The smallest absolute Gasteiger partial charge is 0.182 e. The van der Waals surface area contributed by atoms with E-state index in [1.54, 1.807) is 6.07 Å². The summed E-state index contributed by atoms with van der Waals surface area (Å²) in [5.74, 6) is 1.21. The van der Waals surface area contributed by atoms with Gasteiger partial charge in [-0.3, -0.25) is 5.32 Å². The third-order valence-corrected chi connectivity index (χ3v) is 3.14. The molecule has 0 aliphatic carbocycles. The summed E-state index contributed by atoms with van der Waals surface area (Å²) in [6, 6.07) is 8.21. The molecule has 1 aromatic heterocycles. The molecule has 0 unspecified atom stereocenters. The third-order valence-electron chi connectivity index (χ3n) is 3.14. The van der Waals surface area contributed by atoms with Crippen LogP contribution in [0.2, 0.25) is 0 Å². The predicted octanol–water partition coefficient (Wildman–Crippen LogP) is 2.64. The molecule has 0 saturated heterocycles. The van der Waals surface area contributed by atoms with Crippen molar-refractivity contribution in [2.75, 3.05) is 17.2 Å². The fourth-order valence-electron chi connectivity index (χ4n) is 1.87. The summed E-state index contributed by atoms with van der Waals surface area (Å²) in [5.41, 5.74) is 3.92. The molecule has 20 heavy (non-hydrogen) atoms. The summed E-state index contributed by atoms with van der Waals surface area (Å²) in [7, 11) is 0. The molecule has 0 fully saturated rings. The molecule has 1 aromatic carbocycles. The monoisotopic (exact) mass is 267 g/mol. The number of hydrogen-bond donors (Lipinski definition) is 2. The lowest BCUT2D eigenvalue weighted by Gasteiger charge is -2.08. The summed E-state index contributed by atoms with van der Waals surface area (Å²) < 4.78 is 0. The number of aryl methyl sites for hydroxylation is 2. The number of rotatable bonds is 5. The minimum absolute atomic E-state index is 0.496. The molecule has 0 spiro atoms. The summed E-state index contributed by atoms with van der Waals surface area (Å²) >= 11 is 0. The van der Waals surface area contributed by atoms with E-state index < -0.39 is 0 Å². The first-order valence-electron chi connectivity index (χ1n) is 6.46.